The van der Waals surface area contributed by atoms with Gasteiger partial charge in [0.15, 0.2) is 34.9 Å². The van der Waals surface area contributed by atoms with Crippen LogP contribution >= 0.6 is 0 Å². The summed E-state index contributed by atoms with van der Waals surface area (Å²) in [6, 6.07) is 9.35. The van der Waals surface area contributed by atoms with E-state index in [0.717, 1.165) is 34.9 Å². The molecule has 0 unspecified atom stereocenters. The van der Waals surface area contributed by atoms with E-state index in [2.05, 4.69) is 26.0 Å². The Bertz CT molecular complexity index is 1600. The van der Waals surface area contributed by atoms with Gasteiger partial charge in [-0.25, -0.2) is 22.9 Å². The predicted molar refractivity (Wildman–Crippen MR) is 141 cm³/mol. The summed E-state index contributed by atoms with van der Waals surface area (Å²) in [5.74, 6) is -2.72. The number of hydrogen-bond donors (Lipinski definition) is 4. The van der Waals surface area contributed by atoms with Crippen LogP contribution in [0.1, 0.15) is 24.1 Å². The van der Waals surface area contributed by atoms with Gasteiger partial charge in [0.25, 0.3) is 0 Å². The molecule has 0 saturated carbocycles. The molecule has 0 aliphatic rings. The molecule has 2 aromatic heterocycles. The highest BCUT2D eigenvalue weighted by Gasteiger charge is 2.25. The average molecular weight is 539 g/mol. The van der Waals surface area contributed by atoms with Crippen molar-refractivity contribution in [3.63, 3.8) is 0 Å². The Balaban J connectivity index is 1.73. The lowest BCUT2D eigenvalue weighted by atomic mass is 10.00. The van der Waals surface area contributed by atoms with Gasteiger partial charge in [-0.3, -0.25) is 4.68 Å². The van der Waals surface area contributed by atoms with E-state index in [1.54, 1.807) is 10.7 Å². The molecule has 2 aromatic carbocycles. The van der Waals surface area contributed by atoms with Crippen molar-refractivity contribution in [2.75, 3.05) is 29.6 Å². The fourth-order valence-electron chi connectivity index (χ4n) is 4.19. The summed E-state index contributed by atoms with van der Waals surface area (Å²) in [4.78, 5) is 17.4. The van der Waals surface area contributed by atoms with Crippen LogP contribution in [0.15, 0.2) is 42.5 Å². The van der Waals surface area contributed by atoms with E-state index < -0.39 is 35.6 Å². The second-order valence-electron chi connectivity index (χ2n) is 9.06. The van der Waals surface area contributed by atoms with Gasteiger partial charge in [0.1, 0.15) is 6.07 Å². The van der Waals surface area contributed by atoms with Crippen molar-refractivity contribution >= 4 is 40.1 Å². The lowest BCUT2D eigenvalue weighted by Gasteiger charge is -2.26. The monoisotopic (exact) mass is 538 g/mol. The van der Waals surface area contributed by atoms with E-state index in [9.17, 15) is 23.9 Å². The van der Waals surface area contributed by atoms with E-state index in [0.29, 0.717) is 5.69 Å². The summed E-state index contributed by atoms with van der Waals surface area (Å²) in [6.45, 7) is 1.47. The minimum Gasteiger partial charge on any atom is -0.465 e. The van der Waals surface area contributed by atoms with Crippen LogP contribution < -0.4 is 20.9 Å². The van der Waals surface area contributed by atoms with Gasteiger partial charge in [-0.15, -0.1) is 0 Å². The minimum atomic E-state index is -1.37. The minimum absolute atomic E-state index is 0.0268. The number of nitrogens with one attached hydrogen (secondary N) is 3. The smallest absolute Gasteiger partial charge is 0.404 e. The molecule has 4 aromatic rings. The fraction of sp³-hybridized carbons (Fsp3) is 0.231. The Kier molecular flexibility index (Phi) is 7.48. The number of carboxylic acid groups (broad SMARTS) is 1. The van der Waals surface area contributed by atoms with E-state index in [1.807, 2.05) is 44.2 Å². The topological polar surface area (TPSA) is 131 Å². The first kappa shape index (κ1) is 27.1. The summed E-state index contributed by atoms with van der Waals surface area (Å²) in [7, 11) is 5.54. The van der Waals surface area contributed by atoms with Crippen molar-refractivity contribution in [3.8, 4) is 6.07 Å². The molecule has 4 rings (SSSR count). The highest BCUT2D eigenvalue weighted by atomic mass is 19.2. The third kappa shape index (κ3) is 5.64. The van der Waals surface area contributed by atoms with Gasteiger partial charge in [0.2, 0.25) is 0 Å². The Morgan fingerprint density at radius 3 is 2.46 bits per heavy atom. The van der Waals surface area contributed by atoms with Gasteiger partial charge in [0.05, 0.1) is 23.2 Å². The number of aryl methyl sites for hydroxylation is 1. The summed E-state index contributed by atoms with van der Waals surface area (Å²) in [5.41, 5.74) is 1.48. The molecule has 2 heterocycles. The van der Waals surface area contributed by atoms with Crippen LogP contribution in [0.5, 0.6) is 0 Å². The van der Waals surface area contributed by atoms with E-state index in [4.69, 9.17) is 0 Å². The maximum atomic E-state index is 15.1. The van der Waals surface area contributed by atoms with Crippen molar-refractivity contribution in [2.45, 2.75) is 19.0 Å². The van der Waals surface area contributed by atoms with Crippen molar-refractivity contribution in [1.29, 1.82) is 5.26 Å². The Morgan fingerprint density at radius 1 is 1.08 bits per heavy atom. The highest BCUT2D eigenvalue weighted by Crippen LogP contribution is 2.31. The van der Waals surface area contributed by atoms with Crippen molar-refractivity contribution < 1.29 is 23.1 Å². The maximum Gasteiger partial charge on any atom is 0.404 e. The molecule has 0 saturated heterocycles. The number of carbonyl (C=O) groups is 1. The van der Waals surface area contributed by atoms with E-state index in [1.165, 1.54) is 13.0 Å². The van der Waals surface area contributed by atoms with Crippen LogP contribution in [0, 0.1) is 28.8 Å². The van der Waals surface area contributed by atoms with Crippen molar-refractivity contribution in [1.82, 2.24) is 20.1 Å². The first-order chi connectivity index (χ1) is 18.5. The maximum absolute atomic E-state index is 15.1. The SMILES string of the molecule is C[C@H](NC(=O)O)[C@@H](Nc1nc(Nc2ccc3c(c2)c(N(C)C)nn3C)c(C#N)cc1F)c1ccc(F)c(F)c1. The number of halogens is 3. The van der Waals surface area contributed by atoms with Gasteiger partial charge in [0, 0.05) is 32.2 Å². The second-order valence-corrected chi connectivity index (χ2v) is 9.06. The van der Waals surface area contributed by atoms with Crippen molar-refractivity contribution in [3.05, 3.63) is 71.0 Å². The summed E-state index contributed by atoms with van der Waals surface area (Å²) < 4.78 is 44.3. The number of hydrogen-bond acceptors (Lipinski definition) is 7. The molecule has 0 fully saturated rings. The molecule has 0 aliphatic heterocycles. The average Bonchev–Trinajstić information content (AvgIpc) is 3.21. The number of nitriles is 1. The molecule has 1 amide bonds. The zero-order valence-electron chi connectivity index (χ0n) is 21.4. The fourth-order valence-corrected chi connectivity index (χ4v) is 4.19. The molecule has 10 nitrogen and oxygen atoms in total. The third-order valence-electron chi connectivity index (χ3n) is 6.06. The number of rotatable bonds is 8. The van der Waals surface area contributed by atoms with Crippen LogP contribution in [0.25, 0.3) is 10.9 Å². The lowest BCUT2D eigenvalue weighted by Crippen LogP contribution is -2.39. The molecule has 0 aliphatic carbocycles. The van der Waals surface area contributed by atoms with Gasteiger partial charge in [-0.2, -0.15) is 10.4 Å². The van der Waals surface area contributed by atoms with Gasteiger partial charge in [-0.05, 0) is 48.9 Å². The zero-order valence-corrected chi connectivity index (χ0v) is 21.4. The summed E-state index contributed by atoms with van der Waals surface area (Å²) in [5, 5.41) is 32.2. The Labute approximate surface area is 221 Å². The number of pyridine rings is 1. The number of benzene rings is 2. The summed E-state index contributed by atoms with van der Waals surface area (Å²) >= 11 is 0. The first-order valence-corrected chi connectivity index (χ1v) is 11.7. The Hall–Kier alpha value is -4.99. The molecule has 2 atom stereocenters. The number of nitrogens with zero attached hydrogens (tertiary/aromatic N) is 5. The molecule has 39 heavy (non-hydrogen) atoms. The third-order valence-corrected chi connectivity index (χ3v) is 6.06. The van der Waals surface area contributed by atoms with Crippen LogP contribution in [0.3, 0.4) is 0 Å². The number of anilines is 4. The van der Waals surface area contributed by atoms with Crippen LogP contribution in [-0.2, 0) is 7.05 Å². The number of fused-ring (bicyclic) bond motifs is 1. The van der Waals surface area contributed by atoms with Crippen LogP contribution in [-0.4, -0.2) is 46.1 Å². The van der Waals surface area contributed by atoms with Gasteiger partial charge < -0.3 is 26.0 Å². The lowest BCUT2D eigenvalue weighted by molar-refractivity contribution is 0.189. The van der Waals surface area contributed by atoms with Gasteiger partial charge in [-0.1, -0.05) is 6.07 Å². The second kappa shape index (κ2) is 10.8. The van der Waals surface area contributed by atoms with Gasteiger partial charge >= 0.3 is 6.09 Å². The molecule has 4 N–H and O–H groups in total. The predicted octanol–water partition coefficient (Wildman–Crippen LogP) is 4.88. The van der Waals surface area contributed by atoms with Crippen LogP contribution in [0.2, 0.25) is 0 Å². The normalized spacial score (nSPS) is 12.5. The molecule has 0 spiro atoms. The molecule has 13 heteroatoms. The first-order valence-electron chi connectivity index (χ1n) is 11.7. The molecular weight excluding hydrogens is 513 g/mol. The molecule has 0 radical (unpaired) electrons. The largest absolute Gasteiger partial charge is 0.465 e. The van der Waals surface area contributed by atoms with Crippen molar-refractivity contribution in [2.24, 2.45) is 7.05 Å². The van der Waals surface area contributed by atoms with E-state index >= 15 is 4.39 Å². The molecule has 0 bridgehead atoms. The molecule has 202 valence electrons. The van der Waals surface area contributed by atoms with E-state index in [-0.39, 0.29) is 22.8 Å². The molecular formula is C26H25F3N8O2. The standard InChI is InChI=1S/C26H25F3N8O2/c1-13(31-26(38)39)22(14-5-7-18(27)19(28)9-14)33-24-20(29)10-15(12-30)23(34-24)32-16-6-8-21-17(11-16)25(36(2)3)35-37(21)4/h5-11,13,22,31H,1-4H3,(H,38,39)(H2,32,33,34)/t13-,22+/m0/s1. The zero-order chi connectivity index (χ0) is 28.4. The summed E-state index contributed by atoms with van der Waals surface area (Å²) in [6.07, 6.45) is -1.37. The van der Waals surface area contributed by atoms with Crippen LogP contribution in [0.4, 0.5) is 41.1 Å². The highest BCUT2D eigenvalue weighted by molar-refractivity contribution is 5.93. The number of aromatic nitrogens is 3. The quantitative estimate of drug-likeness (QED) is 0.250. The number of amides is 1. The Morgan fingerprint density at radius 2 is 1.82 bits per heavy atom.